The minimum Gasteiger partial charge on any atom is -0.490 e. The van der Waals surface area contributed by atoms with Crippen LogP contribution in [0.5, 0.6) is 11.5 Å². The SMILES string of the molecule is CCOc1cc(CNc2ccc(N3CCOCC3)c(Cl)c2)c(Br)cc1OCc1ccccc1F. The Morgan fingerprint density at radius 2 is 1.79 bits per heavy atom. The molecule has 3 aromatic carbocycles. The molecule has 0 unspecified atom stereocenters. The third-order valence-electron chi connectivity index (χ3n) is 5.54. The molecule has 0 atom stereocenters. The van der Waals surface area contributed by atoms with Crippen LogP contribution in [0.1, 0.15) is 18.1 Å². The Morgan fingerprint density at radius 3 is 2.53 bits per heavy atom. The average Bonchev–Trinajstić information content (AvgIpc) is 2.84. The molecule has 0 aliphatic carbocycles. The van der Waals surface area contributed by atoms with Crippen LogP contribution < -0.4 is 19.7 Å². The monoisotopic (exact) mass is 548 g/mol. The van der Waals surface area contributed by atoms with Gasteiger partial charge < -0.3 is 24.4 Å². The number of halogens is 3. The zero-order valence-corrected chi connectivity index (χ0v) is 21.3. The Hall–Kier alpha value is -2.48. The average molecular weight is 550 g/mol. The molecule has 0 aromatic heterocycles. The van der Waals surface area contributed by atoms with Gasteiger partial charge in [-0.25, -0.2) is 4.39 Å². The van der Waals surface area contributed by atoms with Crippen LogP contribution in [-0.2, 0) is 17.9 Å². The number of rotatable bonds is 9. The molecule has 1 aliphatic heterocycles. The van der Waals surface area contributed by atoms with Gasteiger partial charge in [0.15, 0.2) is 11.5 Å². The van der Waals surface area contributed by atoms with Crippen molar-refractivity contribution >= 4 is 38.9 Å². The number of morpholine rings is 1. The van der Waals surface area contributed by atoms with Crippen molar-refractivity contribution in [3.63, 3.8) is 0 Å². The molecule has 0 amide bonds. The van der Waals surface area contributed by atoms with Crippen LogP contribution in [0.3, 0.4) is 0 Å². The molecule has 8 heteroatoms. The van der Waals surface area contributed by atoms with Gasteiger partial charge in [0.05, 0.1) is 30.5 Å². The van der Waals surface area contributed by atoms with E-state index >= 15 is 0 Å². The van der Waals surface area contributed by atoms with E-state index in [2.05, 4.69) is 26.1 Å². The topological polar surface area (TPSA) is 43.0 Å². The summed E-state index contributed by atoms with van der Waals surface area (Å²) in [6.07, 6.45) is 0. The molecule has 0 spiro atoms. The third-order valence-corrected chi connectivity index (χ3v) is 6.58. The van der Waals surface area contributed by atoms with Crippen LogP contribution >= 0.6 is 27.5 Å². The van der Waals surface area contributed by atoms with Crippen LogP contribution in [0.4, 0.5) is 15.8 Å². The Balaban J connectivity index is 1.45. The minimum absolute atomic E-state index is 0.116. The molecule has 0 saturated carbocycles. The number of benzene rings is 3. The number of nitrogens with zero attached hydrogens (tertiary/aromatic N) is 1. The van der Waals surface area contributed by atoms with Gasteiger partial charge in [-0.1, -0.05) is 45.7 Å². The fourth-order valence-corrected chi connectivity index (χ4v) is 4.50. The molecule has 0 bridgehead atoms. The highest BCUT2D eigenvalue weighted by Gasteiger charge is 2.15. The van der Waals surface area contributed by atoms with Crippen molar-refractivity contribution in [1.82, 2.24) is 0 Å². The van der Waals surface area contributed by atoms with Crippen molar-refractivity contribution < 1.29 is 18.6 Å². The zero-order valence-electron chi connectivity index (χ0n) is 19.0. The highest BCUT2D eigenvalue weighted by Crippen LogP contribution is 2.35. The van der Waals surface area contributed by atoms with Gasteiger partial charge in [-0.2, -0.15) is 0 Å². The smallest absolute Gasteiger partial charge is 0.162 e. The van der Waals surface area contributed by atoms with E-state index in [9.17, 15) is 4.39 Å². The Morgan fingerprint density at radius 1 is 1.03 bits per heavy atom. The number of hydrogen-bond donors (Lipinski definition) is 1. The van der Waals surface area contributed by atoms with E-state index in [0.29, 0.717) is 48.5 Å². The highest BCUT2D eigenvalue weighted by molar-refractivity contribution is 9.10. The molecule has 1 aliphatic rings. The third kappa shape index (κ3) is 6.14. The fraction of sp³-hybridized carbons (Fsp3) is 0.308. The summed E-state index contributed by atoms with van der Waals surface area (Å²) in [5, 5.41) is 4.13. The molecule has 0 radical (unpaired) electrons. The summed E-state index contributed by atoms with van der Waals surface area (Å²) >= 11 is 10.2. The predicted molar refractivity (Wildman–Crippen MR) is 138 cm³/mol. The lowest BCUT2D eigenvalue weighted by atomic mass is 10.1. The molecule has 1 N–H and O–H groups in total. The van der Waals surface area contributed by atoms with Crippen LogP contribution in [0.15, 0.2) is 59.1 Å². The highest BCUT2D eigenvalue weighted by atomic mass is 79.9. The first kappa shape index (κ1) is 24.6. The molecular weight excluding hydrogens is 523 g/mol. The summed E-state index contributed by atoms with van der Waals surface area (Å²) in [6, 6.07) is 16.4. The lowest BCUT2D eigenvalue weighted by Gasteiger charge is -2.29. The second-order valence-electron chi connectivity index (χ2n) is 7.82. The summed E-state index contributed by atoms with van der Waals surface area (Å²) in [7, 11) is 0. The van der Waals surface area contributed by atoms with E-state index in [1.165, 1.54) is 6.07 Å². The van der Waals surface area contributed by atoms with Gasteiger partial charge >= 0.3 is 0 Å². The standard InChI is InChI=1S/C26H27BrClFN2O3/c1-2-33-25-13-19(21(27)15-26(25)34-17-18-5-3-4-6-23(18)29)16-30-20-7-8-24(22(28)14-20)31-9-11-32-12-10-31/h3-8,13-15,30H,2,9-12,16-17H2,1H3. The Labute approximate surface area is 212 Å². The normalized spacial score (nSPS) is 13.6. The van der Waals surface area contributed by atoms with Crippen molar-refractivity contribution in [3.8, 4) is 11.5 Å². The minimum atomic E-state index is -0.293. The summed E-state index contributed by atoms with van der Waals surface area (Å²) in [6.45, 7) is 6.18. The fourth-order valence-electron chi connectivity index (χ4n) is 3.74. The van der Waals surface area contributed by atoms with E-state index in [0.717, 1.165) is 34.5 Å². The van der Waals surface area contributed by atoms with Crippen LogP contribution in [0.25, 0.3) is 0 Å². The van der Waals surface area contributed by atoms with E-state index in [1.54, 1.807) is 18.2 Å². The molecule has 180 valence electrons. The molecular formula is C26H27BrClFN2O3. The molecule has 1 fully saturated rings. The van der Waals surface area contributed by atoms with Gasteiger partial charge in [0.25, 0.3) is 0 Å². The zero-order chi connectivity index (χ0) is 23.9. The molecule has 1 saturated heterocycles. The molecule has 34 heavy (non-hydrogen) atoms. The maximum Gasteiger partial charge on any atom is 0.162 e. The Kier molecular flexibility index (Phi) is 8.53. The number of nitrogens with one attached hydrogen (secondary N) is 1. The van der Waals surface area contributed by atoms with Crippen LogP contribution in [0.2, 0.25) is 5.02 Å². The van der Waals surface area contributed by atoms with Crippen LogP contribution in [0, 0.1) is 5.82 Å². The van der Waals surface area contributed by atoms with Crippen molar-refractivity contribution in [2.24, 2.45) is 0 Å². The van der Waals surface area contributed by atoms with Gasteiger partial charge in [-0.15, -0.1) is 0 Å². The maximum absolute atomic E-state index is 14.0. The first-order chi connectivity index (χ1) is 16.5. The first-order valence-corrected chi connectivity index (χ1v) is 12.4. The first-order valence-electron chi connectivity index (χ1n) is 11.2. The maximum atomic E-state index is 14.0. The van der Waals surface area contributed by atoms with Crippen molar-refractivity contribution in [2.45, 2.75) is 20.1 Å². The van der Waals surface area contributed by atoms with Crippen LogP contribution in [-0.4, -0.2) is 32.9 Å². The molecule has 4 rings (SSSR count). The Bertz CT molecular complexity index is 1130. The molecule has 3 aromatic rings. The number of ether oxygens (including phenoxy) is 3. The lowest BCUT2D eigenvalue weighted by Crippen LogP contribution is -2.36. The quantitative estimate of drug-likeness (QED) is 0.323. The summed E-state index contributed by atoms with van der Waals surface area (Å²) < 4.78 is 31.9. The molecule has 1 heterocycles. The van der Waals surface area contributed by atoms with Crippen molar-refractivity contribution in [3.05, 3.63) is 81.0 Å². The second kappa shape index (κ2) is 11.8. The number of anilines is 2. The predicted octanol–water partition coefficient (Wildman–Crippen LogP) is 6.67. The van der Waals surface area contributed by atoms with E-state index in [1.807, 2.05) is 37.3 Å². The van der Waals surface area contributed by atoms with E-state index in [-0.39, 0.29) is 12.4 Å². The largest absolute Gasteiger partial charge is 0.490 e. The second-order valence-corrected chi connectivity index (χ2v) is 9.08. The van der Waals surface area contributed by atoms with Crippen molar-refractivity contribution in [1.29, 1.82) is 0 Å². The van der Waals surface area contributed by atoms with Gasteiger partial charge in [0.2, 0.25) is 0 Å². The van der Waals surface area contributed by atoms with Gasteiger partial charge in [0.1, 0.15) is 12.4 Å². The summed E-state index contributed by atoms with van der Waals surface area (Å²) in [5.74, 6) is 0.872. The van der Waals surface area contributed by atoms with E-state index < -0.39 is 0 Å². The van der Waals surface area contributed by atoms with Gasteiger partial charge in [-0.3, -0.25) is 0 Å². The van der Waals surface area contributed by atoms with Gasteiger partial charge in [0, 0.05) is 35.4 Å². The van der Waals surface area contributed by atoms with Crippen molar-refractivity contribution in [2.75, 3.05) is 43.1 Å². The molecule has 5 nitrogen and oxygen atoms in total. The lowest BCUT2D eigenvalue weighted by molar-refractivity contribution is 0.122. The number of hydrogen-bond acceptors (Lipinski definition) is 5. The summed E-state index contributed by atoms with van der Waals surface area (Å²) in [4.78, 5) is 2.24. The van der Waals surface area contributed by atoms with Gasteiger partial charge in [-0.05, 0) is 48.9 Å². The van der Waals surface area contributed by atoms with E-state index in [4.69, 9.17) is 25.8 Å². The summed E-state index contributed by atoms with van der Waals surface area (Å²) in [5.41, 5.74) is 3.43.